The van der Waals surface area contributed by atoms with Crippen molar-refractivity contribution >= 4 is 61.0 Å². The zero-order valence-corrected chi connectivity index (χ0v) is 34.1. The van der Waals surface area contributed by atoms with Crippen molar-refractivity contribution in [2.75, 3.05) is 0 Å². The number of fused-ring (bicyclic) bond motifs is 9. The zero-order chi connectivity index (χ0) is 40.0. The summed E-state index contributed by atoms with van der Waals surface area (Å²) in [6.07, 6.45) is 0. The smallest absolute Gasteiger partial charge is 0.206 e. The maximum atomic E-state index is 17.1. The van der Waals surface area contributed by atoms with Gasteiger partial charge in [-0.05, 0) is 88.6 Å². The molecular formula is C56H43N2OP. The summed E-state index contributed by atoms with van der Waals surface area (Å²) >= 11 is 0. The lowest BCUT2D eigenvalue weighted by Gasteiger charge is -2.40. The van der Waals surface area contributed by atoms with Crippen LogP contribution in [0.2, 0.25) is 0 Å². The minimum absolute atomic E-state index is 0.233. The van der Waals surface area contributed by atoms with E-state index < -0.39 is 13.3 Å². The molecule has 0 spiro atoms. The molecule has 4 heteroatoms. The van der Waals surface area contributed by atoms with Gasteiger partial charge in [-0.15, -0.1) is 0 Å². The summed E-state index contributed by atoms with van der Waals surface area (Å²) in [6, 6.07) is 77.0. The molecule has 0 saturated carbocycles. The second-order valence-corrected chi connectivity index (χ2v) is 18.5. The minimum Gasteiger partial charge on any atom is -0.296 e. The Kier molecular flexibility index (Phi) is 9.24. The fourth-order valence-electron chi connectivity index (χ4n) is 9.86. The molecule has 0 amide bonds. The average molecular weight is 791 g/mol. The fourth-order valence-corrected chi connectivity index (χ4v) is 12.8. The zero-order valence-electron chi connectivity index (χ0n) is 33.2. The predicted molar refractivity (Wildman–Crippen MR) is 252 cm³/mol. The molecule has 0 aromatic heterocycles. The van der Waals surface area contributed by atoms with Gasteiger partial charge in [-0.3, -0.25) is 14.6 Å². The van der Waals surface area contributed by atoms with Gasteiger partial charge in [0.05, 0.1) is 12.1 Å². The summed E-state index contributed by atoms with van der Waals surface area (Å²) in [5.74, 6) is 0. The second kappa shape index (κ2) is 15.2. The van der Waals surface area contributed by atoms with Crippen molar-refractivity contribution in [3.05, 3.63) is 241 Å². The number of hydrogen-bond acceptors (Lipinski definition) is 2. The van der Waals surface area contributed by atoms with Gasteiger partial charge in [0.1, 0.15) is 0 Å². The fraction of sp³-hybridized carbons (Fsp3) is 0.0714. The van der Waals surface area contributed by atoms with Crippen LogP contribution in [0.5, 0.6) is 0 Å². The van der Waals surface area contributed by atoms with Crippen LogP contribution in [-0.4, -0.2) is 4.90 Å². The van der Waals surface area contributed by atoms with Crippen molar-refractivity contribution in [3.63, 3.8) is 0 Å². The van der Waals surface area contributed by atoms with E-state index in [1.165, 1.54) is 43.8 Å². The SMILES string of the molecule is O=P(N[C@H](c1ccccc1)[C@@H](c1ccccc1)N1Cc2ccc3ccccc3c2-c2c(ccc3ccccc23)C1)(c1cccc2ccccc12)c1cccc2ccccc12. The van der Waals surface area contributed by atoms with E-state index in [0.29, 0.717) is 13.1 Å². The molecule has 60 heavy (non-hydrogen) atoms. The average Bonchev–Trinajstić information content (AvgIpc) is 3.49. The van der Waals surface area contributed by atoms with Crippen LogP contribution >= 0.6 is 7.29 Å². The molecule has 1 aliphatic rings. The Bertz CT molecular complexity index is 3070. The van der Waals surface area contributed by atoms with Crippen LogP contribution in [0.15, 0.2) is 218 Å². The molecule has 10 aromatic rings. The molecule has 10 aromatic carbocycles. The molecule has 2 atom stereocenters. The summed E-state index contributed by atoms with van der Waals surface area (Å²) in [5.41, 5.74) is 7.40. The molecule has 0 bridgehead atoms. The number of hydrogen-bond donors (Lipinski definition) is 1. The maximum absolute atomic E-state index is 17.1. The third-order valence-corrected chi connectivity index (χ3v) is 15.3. The quantitative estimate of drug-likeness (QED) is 0.156. The first-order valence-electron chi connectivity index (χ1n) is 20.8. The van der Waals surface area contributed by atoms with Crippen LogP contribution in [-0.2, 0) is 17.7 Å². The van der Waals surface area contributed by atoms with Crippen molar-refractivity contribution in [2.45, 2.75) is 25.2 Å². The summed E-state index contributed by atoms with van der Waals surface area (Å²) in [5, 5.41) is 14.8. The Morgan fingerprint density at radius 3 is 1.25 bits per heavy atom. The molecule has 1 aliphatic heterocycles. The highest BCUT2D eigenvalue weighted by Crippen LogP contribution is 2.51. The van der Waals surface area contributed by atoms with Crippen LogP contribution in [0.3, 0.4) is 0 Å². The standard InChI is InChI=1S/C56H43N2OP/c59-60(51-31-15-25-39-17-7-11-27-47(39)51,52-32-16-26-40-18-8-12-28-48(40)52)57-55(43-21-3-1-4-22-43)56(44-23-5-2-6-24-44)58-37-45-35-33-41-19-9-13-29-49(41)53(45)54-46(38-58)36-34-42-20-10-14-30-50(42)54/h1-36,55-56H,37-38H2,(H,57,59)/t55-,56-/m1/s1. The van der Waals surface area contributed by atoms with E-state index in [2.05, 4.69) is 228 Å². The normalized spacial score (nSPS) is 14.1. The molecule has 1 heterocycles. The van der Waals surface area contributed by atoms with Crippen LogP contribution in [0.1, 0.15) is 34.3 Å². The van der Waals surface area contributed by atoms with Crippen LogP contribution in [0, 0.1) is 0 Å². The van der Waals surface area contributed by atoms with E-state index in [9.17, 15) is 0 Å². The molecule has 0 radical (unpaired) electrons. The minimum atomic E-state index is -3.65. The molecule has 3 nitrogen and oxygen atoms in total. The lowest BCUT2D eigenvalue weighted by Crippen LogP contribution is -2.40. The number of nitrogens with zero attached hydrogens (tertiary/aromatic N) is 1. The third kappa shape index (κ3) is 6.26. The monoisotopic (exact) mass is 790 g/mol. The van der Waals surface area contributed by atoms with Crippen molar-refractivity contribution in [3.8, 4) is 11.1 Å². The summed E-state index contributed by atoms with van der Waals surface area (Å²) in [6.45, 7) is 1.39. The first-order valence-corrected chi connectivity index (χ1v) is 22.5. The highest BCUT2D eigenvalue weighted by Gasteiger charge is 2.40. The summed E-state index contributed by atoms with van der Waals surface area (Å²) < 4.78 is 17.1. The van der Waals surface area contributed by atoms with Crippen LogP contribution < -0.4 is 15.7 Å². The van der Waals surface area contributed by atoms with Crippen molar-refractivity contribution in [1.82, 2.24) is 9.99 Å². The molecule has 1 N–H and O–H groups in total. The Morgan fingerprint density at radius 1 is 0.383 bits per heavy atom. The van der Waals surface area contributed by atoms with E-state index in [4.69, 9.17) is 0 Å². The van der Waals surface area contributed by atoms with E-state index in [1.807, 2.05) is 0 Å². The van der Waals surface area contributed by atoms with E-state index in [0.717, 1.165) is 43.3 Å². The van der Waals surface area contributed by atoms with Gasteiger partial charge in [-0.25, -0.2) is 0 Å². The molecule has 0 aliphatic carbocycles. The van der Waals surface area contributed by atoms with Crippen molar-refractivity contribution in [1.29, 1.82) is 0 Å². The molecule has 0 unspecified atom stereocenters. The molecule has 288 valence electrons. The highest BCUT2D eigenvalue weighted by atomic mass is 31.2. The Hall–Kier alpha value is -6.61. The number of nitrogens with one attached hydrogen (secondary N) is 1. The lowest BCUT2D eigenvalue weighted by molar-refractivity contribution is 0.150. The Morgan fingerprint density at radius 2 is 0.767 bits per heavy atom. The third-order valence-electron chi connectivity index (χ3n) is 12.6. The van der Waals surface area contributed by atoms with Gasteiger partial charge < -0.3 is 0 Å². The van der Waals surface area contributed by atoms with Gasteiger partial charge in [0.25, 0.3) is 0 Å². The highest BCUT2D eigenvalue weighted by molar-refractivity contribution is 7.77. The maximum Gasteiger partial charge on any atom is 0.206 e. The second-order valence-electron chi connectivity index (χ2n) is 16.0. The molecule has 11 rings (SSSR count). The Labute approximate surface area is 351 Å². The first kappa shape index (κ1) is 36.5. The largest absolute Gasteiger partial charge is 0.296 e. The lowest BCUT2D eigenvalue weighted by atomic mass is 9.88. The van der Waals surface area contributed by atoms with Gasteiger partial charge in [-0.1, -0.05) is 206 Å². The first-order chi connectivity index (χ1) is 29.6. The van der Waals surface area contributed by atoms with Gasteiger partial charge in [0, 0.05) is 23.7 Å². The molecule has 0 fully saturated rings. The van der Waals surface area contributed by atoms with Gasteiger partial charge in [0.15, 0.2) is 0 Å². The van der Waals surface area contributed by atoms with E-state index in [-0.39, 0.29) is 6.04 Å². The van der Waals surface area contributed by atoms with E-state index >= 15 is 4.57 Å². The van der Waals surface area contributed by atoms with E-state index in [1.54, 1.807) is 0 Å². The van der Waals surface area contributed by atoms with Gasteiger partial charge >= 0.3 is 0 Å². The predicted octanol–water partition coefficient (Wildman–Crippen LogP) is 13.3. The molecular weight excluding hydrogens is 748 g/mol. The summed E-state index contributed by atoms with van der Waals surface area (Å²) in [7, 11) is -3.65. The topological polar surface area (TPSA) is 32.3 Å². The van der Waals surface area contributed by atoms with Crippen molar-refractivity contribution in [2.24, 2.45) is 0 Å². The van der Waals surface area contributed by atoms with Crippen molar-refractivity contribution < 1.29 is 4.57 Å². The number of rotatable bonds is 8. The molecule has 0 saturated heterocycles. The van der Waals surface area contributed by atoms with Gasteiger partial charge in [0.2, 0.25) is 7.29 Å². The Balaban J connectivity index is 1.17. The number of benzene rings is 10. The summed E-state index contributed by atoms with van der Waals surface area (Å²) in [4.78, 5) is 2.63. The van der Waals surface area contributed by atoms with Gasteiger partial charge in [-0.2, -0.15) is 0 Å². The van der Waals surface area contributed by atoms with Crippen LogP contribution in [0.4, 0.5) is 0 Å². The van der Waals surface area contributed by atoms with Crippen LogP contribution in [0.25, 0.3) is 54.2 Å².